The van der Waals surface area contributed by atoms with Gasteiger partial charge in [0.15, 0.2) is 12.6 Å². The highest BCUT2D eigenvalue weighted by atomic mass is 16.7. The van der Waals surface area contributed by atoms with Gasteiger partial charge < -0.3 is 60.3 Å². The van der Waals surface area contributed by atoms with Gasteiger partial charge in [0.05, 0.1) is 25.7 Å². The second-order valence-electron chi connectivity index (χ2n) is 7.53. The summed E-state index contributed by atoms with van der Waals surface area (Å²) < 4.78 is 27.2. The zero-order chi connectivity index (χ0) is 24.0. The van der Waals surface area contributed by atoms with Crippen molar-refractivity contribution in [2.45, 2.75) is 74.1 Å². The van der Waals surface area contributed by atoms with E-state index >= 15 is 0 Å². The molecule has 2 rings (SSSR count). The van der Waals surface area contributed by atoms with Gasteiger partial charge in [-0.05, 0) is 0 Å². The van der Waals surface area contributed by atoms with Crippen LogP contribution in [0.25, 0.3) is 0 Å². The molecule has 2 saturated heterocycles. The van der Waals surface area contributed by atoms with Crippen molar-refractivity contribution >= 4 is 11.9 Å². The van der Waals surface area contributed by atoms with Crippen LogP contribution in [-0.2, 0) is 33.3 Å². The Morgan fingerprint density at radius 2 is 1.53 bits per heavy atom. The minimum atomic E-state index is -1.50. The van der Waals surface area contributed by atoms with Crippen molar-refractivity contribution < 1.29 is 58.8 Å². The van der Waals surface area contributed by atoms with E-state index < -0.39 is 92.8 Å². The number of nitrogens with two attached hydrogens (primary N) is 1. The number of aliphatic hydroxyl groups is 4. The first-order valence-corrected chi connectivity index (χ1v) is 10.0. The van der Waals surface area contributed by atoms with Gasteiger partial charge >= 0.3 is 5.97 Å². The number of hydrogen-bond acceptors (Lipinski definition) is 12. The third-order valence-corrected chi connectivity index (χ3v) is 5.44. The van der Waals surface area contributed by atoms with Crippen LogP contribution in [0, 0.1) is 0 Å². The monoisotopic (exact) mass is 468 g/mol. The number of hydrogen-bond donors (Lipinski definition) is 7. The van der Waals surface area contributed by atoms with E-state index in [4.69, 9.17) is 34.5 Å². The number of aliphatic hydroxyl groups excluding tert-OH is 4. The number of carboxylic acids is 1. The Kier molecular flexibility index (Phi) is 10.2. The van der Waals surface area contributed by atoms with Crippen LogP contribution >= 0.6 is 0 Å². The van der Waals surface area contributed by atoms with E-state index in [9.17, 15) is 30.0 Å². The number of carboxylic acid groups (broad SMARTS) is 1. The molecule has 0 aliphatic carbocycles. The van der Waals surface area contributed by atoms with E-state index in [2.05, 4.69) is 5.32 Å². The van der Waals surface area contributed by atoms with Gasteiger partial charge in [-0.3, -0.25) is 9.59 Å². The van der Waals surface area contributed by atoms with Crippen LogP contribution in [0.1, 0.15) is 12.8 Å². The molecule has 2 heterocycles. The average molecular weight is 468 g/mol. The van der Waals surface area contributed by atoms with Crippen LogP contribution in [0.4, 0.5) is 0 Å². The van der Waals surface area contributed by atoms with Crippen LogP contribution in [0.3, 0.4) is 0 Å². The summed E-state index contributed by atoms with van der Waals surface area (Å²) in [7, 11) is 2.58. The molecule has 14 nitrogen and oxygen atoms in total. The van der Waals surface area contributed by atoms with E-state index in [0.717, 1.165) is 0 Å². The van der Waals surface area contributed by atoms with Crippen molar-refractivity contribution in [1.82, 2.24) is 5.32 Å². The second kappa shape index (κ2) is 12.1. The van der Waals surface area contributed by atoms with Crippen molar-refractivity contribution in [3.05, 3.63) is 0 Å². The average Bonchev–Trinajstić information content (AvgIpc) is 2.77. The molecule has 1 amide bonds. The second-order valence-corrected chi connectivity index (χ2v) is 7.53. The largest absolute Gasteiger partial charge is 0.481 e. The molecule has 0 radical (unpaired) electrons. The molecular formula is C18H32N2O12. The molecule has 2 fully saturated rings. The van der Waals surface area contributed by atoms with E-state index in [0.29, 0.717) is 0 Å². The maximum absolute atomic E-state index is 12.1. The highest BCUT2D eigenvalue weighted by molar-refractivity contribution is 5.80. The Bertz CT molecular complexity index is 623. The fraction of sp³-hybridized carbons (Fsp3) is 0.889. The molecule has 0 aromatic carbocycles. The lowest BCUT2D eigenvalue weighted by atomic mass is 9.94. The smallest absolute Gasteiger partial charge is 0.303 e. The topological polar surface area (TPSA) is 219 Å². The Morgan fingerprint density at radius 1 is 0.938 bits per heavy atom. The van der Waals surface area contributed by atoms with Gasteiger partial charge in [-0.2, -0.15) is 0 Å². The molecule has 0 bridgehead atoms. The van der Waals surface area contributed by atoms with Crippen LogP contribution in [0.5, 0.6) is 0 Å². The first-order valence-electron chi connectivity index (χ1n) is 10.0. The molecule has 2 aliphatic heterocycles. The summed E-state index contributed by atoms with van der Waals surface area (Å²) in [6.45, 7) is -1.11. The van der Waals surface area contributed by atoms with Gasteiger partial charge in [-0.1, -0.05) is 0 Å². The van der Waals surface area contributed by atoms with Crippen LogP contribution in [0.2, 0.25) is 0 Å². The maximum atomic E-state index is 12.1. The fourth-order valence-electron chi connectivity index (χ4n) is 3.72. The zero-order valence-corrected chi connectivity index (χ0v) is 17.8. The summed E-state index contributed by atoms with van der Waals surface area (Å²) in [6.07, 6.45) is -10.4. The molecule has 0 unspecified atom stereocenters. The van der Waals surface area contributed by atoms with Crippen molar-refractivity contribution in [3.8, 4) is 0 Å². The molecule has 0 aromatic heterocycles. The summed E-state index contributed by atoms with van der Waals surface area (Å²) in [4.78, 5) is 22.8. The Hall–Kier alpha value is -1.46. The minimum Gasteiger partial charge on any atom is -0.481 e. The highest BCUT2D eigenvalue weighted by Gasteiger charge is 2.51. The first-order chi connectivity index (χ1) is 15.2. The highest BCUT2D eigenvalue weighted by Crippen LogP contribution is 2.29. The lowest BCUT2D eigenvalue weighted by molar-refractivity contribution is -0.329. The van der Waals surface area contributed by atoms with Crippen molar-refractivity contribution in [3.63, 3.8) is 0 Å². The lowest BCUT2D eigenvalue weighted by Crippen LogP contribution is -2.68. The molecular weight excluding hydrogens is 436 g/mol. The zero-order valence-electron chi connectivity index (χ0n) is 17.8. The number of rotatable bonds is 10. The third-order valence-electron chi connectivity index (χ3n) is 5.44. The summed E-state index contributed by atoms with van der Waals surface area (Å²) in [6, 6.07) is -2.32. The minimum absolute atomic E-state index is 0.344. The molecule has 2 aliphatic rings. The Labute approximate surface area is 184 Å². The summed E-state index contributed by atoms with van der Waals surface area (Å²) >= 11 is 0. The third kappa shape index (κ3) is 6.11. The SMILES string of the molecule is CO[C@@H]1O[C@H](CO)[C@@H](O[C@@H]2O[C@H](CO)[C@@H](OC)[C@H](O)[C@H]2N)[C@H](O)[C@H]1NC(=O)CCC(=O)O. The maximum Gasteiger partial charge on any atom is 0.303 e. The van der Waals surface area contributed by atoms with Gasteiger partial charge in [0.1, 0.15) is 42.7 Å². The Morgan fingerprint density at radius 3 is 2.06 bits per heavy atom. The number of nitrogens with one attached hydrogen (secondary N) is 1. The first kappa shape index (κ1) is 26.8. The summed E-state index contributed by atoms with van der Waals surface area (Å²) in [5.74, 6) is -1.84. The van der Waals surface area contributed by atoms with E-state index in [1.165, 1.54) is 14.2 Å². The van der Waals surface area contributed by atoms with Crippen LogP contribution in [-0.4, -0.2) is 126 Å². The number of ether oxygens (including phenoxy) is 5. The molecule has 186 valence electrons. The number of carbonyl (C=O) groups excluding carboxylic acids is 1. The van der Waals surface area contributed by atoms with Gasteiger partial charge in [-0.15, -0.1) is 0 Å². The van der Waals surface area contributed by atoms with Crippen molar-refractivity contribution in [2.24, 2.45) is 5.73 Å². The normalized spacial score (nSPS) is 40.1. The molecule has 8 N–H and O–H groups in total. The van der Waals surface area contributed by atoms with Crippen molar-refractivity contribution in [2.75, 3.05) is 27.4 Å². The van der Waals surface area contributed by atoms with E-state index in [-0.39, 0.29) is 6.42 Å². The number of carbonyl (C=O) groups is 2. The van der Waals surface area contributed by atoms with Crippen molar-refractivity contribution in [1.29, 1.82) is 0 Å². The number of amides is 1. The molecule has 32 heavy (non-hydrogen) atoms. The quantitative estimate of drug-likeness (QED) is 0.162. The molecule has 0 saturated carbocycles. The molecule has 0 spiro atoms. The summed E-state index contributed by atoms with van der Waals surface area (Å²) in [5.41, 5.74) is 6.00. The van der Waals surface area contributed by atoms with E-state index in [1.54, 1.807) is 0 Å². The summed E-state index contributed by atoms with van der Waals surface area (Å²) in [5, 5.41) is 51.7. The number of methoxy groups -OCH3 is 2. The van der Waals surface area contributed by atoms with Crippen LogP contribution < -0.4 is 11.1 Å². The number of aliphatic carboxylic acids is 1. The van der Waals surface area contributed by atoms with Crippen LogP contribution in [0.15, 0.2) is 0 Å². The predicted octanol–water partition coefficient (Wildman–Crippen LogP) is -4.13. The van der Waals surface area contributed by atoms with Gasteiger partial charge in [0.2, 0.25) is 5.91 Å². The predicted molar refractivity (Wildman–Crippen MR) is 103 cm³/mol. The molecule has 0 aromatic rings. The Balaban J connectivity index is 2.17. The van der Waals surface area contributed by atoms with Gasteiger partial charge in [0, 0.05) is 20.6 Å². The fourth-order valence-corrected chi connectivity index (χ4v) is 3.72. The molecule has 14 heteroatoms. The lowest BCUT2D eigenvalue weighted by Gasteiger charge is -2.47. The van der Waals surface area contributed by atoms with E-state index in [1.807, 2.05) is 0 Å². The molecule has 10 atom stereocenters. The standard InChI is InChI=1S/C18H32N2O12/c1-28-15-7(5-21)30-17(11(19)13(15)26)32-16-8(6-22)31-18(29-2)12(14(16)27)20-9(23)3-4-10(24)25/h7-8,11-18,21-22,26-27H,3-6,19H2,1-2H3,(H,20,23)(H,24,25)/t7-,8-,11-,12-,13-,14-,15-,16-,17+,18-/m1/s1. The van der Waals surface area contributed by atoms with Gasteiger partial charge in [0.25, 0.3) is 0 Å². The van der Waals surface area contributed by atoms with Gasteiger partial charge in [-0.25, -0.2) is 0 Å².